The Balaban J connectivity index is 1.32. The summed E-state index contributed by atoms with van der Waals surface area (Å²) < 4.78 is 94.2. The van der Waals surface area contributed by atoms with Crippen molar-refractivity contribution in [2.45, 2.75) is 62.5 Å². The van der Waals surface area contributed by atoms with Gasteiger partial charge in [-0.15, -0.1) is 0 Å². The SMILES string of the molecule is CC(C(=O)N[C@]1(c2ccccc2)CC[C@@H](N2CCN(c3ccc(F)cc3)C(=O)C2)CC1)c1cc(C(F)(F)F)cc(C(F)(F)F)c1. The van der Waals surface area contributed by atoms with E-state index in [1.54, 1.807) is 35.2 Å². The Kier molecular flexibility index (Phi) is 8.99. The second-order valence-electron chi connectivity index (χ2n) is 11.7. The molecule has 5 nitrogen and oxygen atoms in total. The van der Waals surface area contributed by atoms with Crippen LogP contribution in [0.25, 0.3) is 0 Å². The van der Waals surface area contributed by atoms with Crippen molar-refractivity contribution in [2.75, 3.05) is 24.5 Å². The first kappa shape index (κ1) is 32.5. The molecule has 0 radical (unpaired) electrons. The topological polar surface area (TPSA) is 52.7 Å². The number of hydrogen-bond donors (Lipinski definition) is 1. The van der Waals surface area contributed by atoms with Gasteiger partial charge in [0.1, 0.15) is 5.82 Å². The summed E-state index contributed by atoms with van der Waals surface area (Å²) in [6.07, 6.45) is -7.97. The summed E-state index contributed by atoms with van der Waals surface area (Å²) in [4.78, 5) is 30.3. The third kappa shape index (κ3) is 7.16. The lowest BCUT2D eigenvalue weighted by Gasteiger charge is -2.46. The third-order valence-corrected chi connectivity index (χ3v) is 8.91. The molecule has 0 aromatic heterocycles. The Morgan fingerprint density at radius 1 is 0.867 bits per heavy atom. The lowest BCUT2D eigenvalue weighted by atomic mass is 9.74. The van der Waals surface area contributed by atoms with Crippen LogP contribution < -0.4 is 10.2 Å². The number of benzene rings is 3. The predicted octanol–water partition coefficient (Wildman–Crippen LogP) is 7.27. The lowest BCUT2D eigenvalue weighted by molar-refractivity contribution is -0.143. The molecule has 0 spiro atoms. The van der Waals surface area contributed by atoms with Crippen LogP contribution in [0.3, 0.4) is 0 Å². The lowest BCUT2D eigenvalue weighted by Crippen LogP contribution is -2.57. The zero-order valence-electron chi connectivity index (χ0n) is 24.4. The molecule has 1 aliphatic carbocycles. The van der Waals surface area contributed by atoms with Gasteiger partial charge in [-0.2, -0.15) is 26.3 Å². The zero-order chi connectivity index (χ0) is 32.6. The fourth-order valence-corrected chi connectivity index (χ4v) is 6.33. The fourth-order valence-electron chi connectivity index (χ4n) is 6.33. The van der Waals surface area contributed by atoms with E-state index in [-0.39, 0.29) is 30.1 Å². The summed E-state index contributed by atoms with van der Waals surface area (Å²) in [5.41, 5.74) is -2.84. The van der Waals surface area contributed by atoms with Gasteiger partial charge in [0, 0.05) is 24.8 Å². The molecule has 2 amide bonds. The molecule has 240 valence electrons. The van der Waals surface area contributed by atoms with Gasteiger partial charge in [-0.3, -0.25) is 14.5 Å². The maximum absolute atomic E-state index is 13.6. The highest BCUT2D eigenvalue weighted by atomic mass is 19.4. The summed E-state index contributed by atoms with van der Waals surface area (Å²) >= 11 is 0. The van der Waals surface area contributed by atoms with E-state index in [0.29, 0.717) is 56.6 Å². The Bertz CT molecular complexity index is 1480. The van der Waals surface area contributed by atoms with E-state index in [1.807, 2.05) is 12.1 Å². The molecule has 1 saturated carbocycles. The minimum atomic E-state index is -5.03. The Morgan fingerprint density at radius 2 is 1.44 bits per heavy atom. The Labute approximate surface area is 256 Å². The van der Waals surface area contributed by atoms with E-state index in [2.05, 4.69) is 10.2 Å². The van der Waals surface area contributed by atoms with E-state index in [4.69, 9.17) is 0 Å². The molecule has 3 aromatic rings. The van der Waals surface area contributed by atoms with Crippen molar-refractivity contribution in [3.63, 3.8) is 0 Å². The summed E-state index contributed by atoms with van der Waals surface area (Å²) in [6.45, 7) is 2.48. The summed E-state index contributed by atoms with van der Waals surface area (Å²) in [5, 5.41) is 3.00. The van der Waals surface area contributed by atoms with Crippen LogP contribution in [0.4, 0.5) is 36.4 Å². The summed E-state index contributed by atoms with van der Waals surface area (Å²) in [7, 11) is 0. The number of rotatable bonds is 6. The quantitative estimate of drug-likeness (QED) is 0.290. The van der Waals surface area contributed by atoms with Gasteiger partial charge < -0.3 is 10.2 Å². The molecule has 45 heavy (non-hydrogen) atoms. The highest BCUT2D eigenvalue weighted by Gasteiger charge is 2.42. The van der Waals surface area contributed by atoms with Gasteiger partial charge in [-0.05, 0) is 86.2 Å². The molecule has 0 bridgehead atoms. The molecule has 3 aromatic carbocycles. The maximum Gasteiger partial charge on any atom is 0.416 e. The van der Waals surface area contributed by atoms with Gasteiger partial charge in [-0.25, -0.2) is 4.39 Å². The highest BCUT2D eigenvalue weighted by Crippen LogP contribution is 2.41. The van der Waals surface area contributed by atoms with Gasteiger partial charge in [0.25, 0.3) is 0 Å². The van der Waals surface area contributed by atoms with Crippen LogP contribution in [0.2, 0.25) is 0 Å². The van der Waals surface area contributed by atoms with Crippen molar-refractivity contribution >= 4 is 17.5 Å². The van der Waals surface area contributed by atoms with Crippen molar-refractivity contribution in [3.05, 3.63) is 101 Å². The van der Waals surface area contributed by atoms with E-state index < -0.39 is 46.7 Å². The first-order chi connectivity index (χ1) is 21.2. The molecular weight excluding hydrogens is 603 g/mol. The molecule has 1 saturated heterocycles. The molecule has 2 fully saturated rings. The summed E-state index contributed by atoms with van der Waals surface area (Å²) in [6, 6.07) is 16.1. The van der Waals surface area contributed by atoms with Crippen molar-refractivity contribution in [1.29, 1.82) is 0 Å². The van der Waals surface area contributed by atoms with Crippen LogP contribution in [0.5, 0.6) is 0 Å². The average molecular weight is 636 g/mol. The highest BCUT2D eigenvalue weighted by molar-refractivity contribution is 5.95. The monoisotopic (exact) mass is 635 g/mol. The van der Waals surface area contributed by atoms with Gasteiger partial charge in [0.2, 0.25) is 11.8 Å². The number of nitrogens with one attached hydrogen (secondary N) is 1. The fraction of sp³-hybridized carbons (Fsp3) is 0.394. The van der Waals surface area contributed by atoms with Crippen molar-refractivity contribution in [1.82, 2.24) is 10.2 Å². The third-order valence-electron chi connectivity index (χ3n) is 8.91. The molecule has 1 heterocycles. The Hall–Kier alpha value is -3.93. The molecule has 1 unspecified atom stereocenters. The van der Waals surface area contributed by atoms with Crippen LogP contribution in [0.1, 0.15) is 60.8 Å². The van der Waals surface area contributed by atoms with Crippen LogP contribution in [0, 0.1) is 5.82 Å². The molecule has 2 aliphatic rings. The number of nitrogens with zero attached hydrogens (tertiary/aromatic N) is 2. The second-order valence-corrected chi connectivity index (χ2v) is 11.7. The average Bonchev–Trinajstić information content (AvgIpc) is 3.01. The second kappa shape index (κ2) is 12.5. The molecular formula is C33H32F7N3O2. The normalized spacial score (nSPS) is 22.3. The van der Waals surface area contributed by atoms with E-state index in [9.17, 15) is 40.3 Å². The standard InChI is InChI=1S/C33H32F7N3O2/c1-21(22-17-24(32(35,36)37)19-25(18-22)33(38,39)40)30(45)41-31(23-5-3-2-4-6-23)13-11-27(12-14-31)42-15-16-43(29(44)20-42)28-9-7-26(34)8-10-28/h2-10,17-19,21,27H,11-16,20H2,1H3,(H,41,45)/t21?,27-,31-. The molecule has 1 aliphatic heterocycles. The summed E-state index contributed by atoms with van der Waals surface area (Å²) in [5.74, 6) is -2.50. The number of amides is 2. The van der Waals surface area contributed by atoms with Gasteiger partial charge in [0.15, 0.2) is 0 Å². The van der Waals surface area contributed by atoms with E-state index in [0.717, 1.165) is 5.56 Å². The largest absolute Gasteiger partial charge is 0.416 e. The minimum Gasteiger partial charge on any atom is -0.346 e. The van der Waals surface area contributed by atoms with Gasteiger partial charge in [0.05, 0.1) is 29.1 Å². The van der Waals surface area contributed by atoms with Crippen molar-refractivity contribution in [2.24, 2.45) is 0 Å². The number of halogens is 7. The predicted molar refractivity (Wildman–Crippen MR) is 154 cm³/mol. The Morgan fingerprint density at radius 3 is 1.98 bits per heavy atom. The van der Waals surface area contributed by atoms with E-state index >= 15 is 0 Å². The maximum atomic E-state index is 13.6. The molecule has 1 N–H and O–H groups in total. The molecule has 1 atom stereocenters. The number of carbonyl (C=O) groups is 2. The zero-order valence-corrected chi connectivity index (χ0v) is 24.4. The minimum absolute atomic E-state index is 0.0216. The number of anilines is 1. The number of hydrogen-bond acceptors (Lipinski definition) is 3. The van der Waals surface area contributed by atoms with Gasteiger partial charge in [-0.1, -0.05) is 30.3 Å². The first-order valence-corrected chi connectivity index (χ1v) is 14.6. The van der Waals surface area contributed by atoms with Crippen molar-refractivity contribution in [3.8, 4) is 0 Å². The van der Waals surface area contributed by atoms with Crippen molar-refractivity contribution < 1.29 is 40.3 Å². The van der Waals surface area contributed by atoms with Crippen LogP contribution in [0.15, 0.2) is 72.8 Å². The van der Waals surface area contributed by atoms with Gasteiger partial charge >= 0.3 is 12.4 Å². The first-order valence-electron chi connectivity index (χ1n) is 14.6. The molecule has 5 rings (SSSR count). The molecule has 12 heteroatoms. The van der Waals surface area contributed by atoms with Crippen LogP contribution in [-0.2, 0) is 27.5 Å². The van der Waals surface area contributed by atoms with Crippen LogP contribution in [-0.4, -0.2) is 42.4 Å². The number of alkyl halides is 6. The van der Waals surface area contributed by atoms with Crippen LogP contribution >= 0.6 is 0 Å². The number of carbonyl (C=O) groups excluding carboxylic acids is 2. The number of piperazine rings is 1. The van der Waals surface area contributed by atoms with E-state index in [1.165, 1.54) is 19.1 Å². The smallest absolute Gasteiger partial charge is 0.346 e.